The lowest BCUT2D eigenvalue weighted by molar-refractivity contribution is -0.157. The van der Waals surface area contributed by atoms with E-state index in [1.54, 1.807) is 74.5 Å². The molecule has 23 heteroatoms. The quantitative estimate of drug-likeness (QED) is 0.157. The van der Waals surface area contributed by atoms with Crippen molar-refractivity contribution in [2.24, 2.45) is 41.4 Å². The Labute approximate surface area is 502 Å². The zero-order valence-corrected chi connectivity index (χ0v) is 55.4. The lowest BCUT2D eigenvalue weighted by Gasteiger charge is -2.41. The van der Waals surface area contributed by atoms with E-state index in [0.717, 1.165) is 9.80 Å². The van der Waals surface area contributed by atoms with Gasteiger partial charge in [0.15, 0.2) is 0 Å². The SMILES string of the molecule is C/C=C/C[C@@H](C)[C@@H](O)[C@H]1C(=O)N[C@@H](CC)C(=O)N(C)CC(=O)N(C)[C@H](C(C)C)C(=O)N[C@@H](C(C)C)C(=O)N(C)[C@@H](CC(C)C)C(=O)N[C@@H](C)C(=O)N[C@H](C)C(=O)N(C)[C@@H](CC(C)C)C(=O)N(C)[C@H](CC(C)C)C(=O)N(C)[C@@H](C(C)C)C(=O)N1C. The Morgan fingerprint density at radius 3 is 1.35 bits per heavy atom. The van der Waals surface area contributed by atoms with Gasteiger partial charge in [0.25, 0.3) is 0 Å². The second-order valence-corrected chi connectivity index (χ2v) is 25.6. The minimum Gasteiger partial charge on any atom is -0.390 e. The molecule has 0 unspecified atom stereocenters. The van der Waals surface area contributed by atoms with Crippen LogP contribution in [0.1, 0.15) is 150 Å². The summed E-state index contributed by atoms with van der Waals surface area (Å²) in [6.07, 6.45) is 2.88. The molecule has 0 aromatic carbocycles. The first-order valence-corrected chi connectivity index (χ1v) is 30.1. The lowest BCUT2D eigenvalue weighted by atomic mass is 9.91. The van der Waals surface area contributed by atoms with E-state index in [1.807, 2.05) is 41.5 Å². The van der Waals surface area contributed by atoms with Gasteiger partial charge in [-0.15, -0.1) is 0 Å². The fraction of sp³-hybridized carbons (Fsp3) is 0.787. The molecule has 1 rings (SSSR count). The van der Waals surface area contributed by atoms with Crippen LogP contribution in [-0.2, 0) is 52.7 Å². The first-order chi connectivity index (χ1) is 38.7. The van der Waals surface area contributed by atoms with Crippen molar-refractivity contribution >= 4 is 65.0 Å². The van der Waals surface area contributed by atoms with Crippen LogP contribution in [-0.4, -0.2) is 227 Å². The highest BCUT2D eigenvalue weighted by Gasteiger charge is 2.46. The molecule has 11 amide bonds. The van der Waals surface area contributed by atoms with Crippen LogP contribution in [0.15, 0.2) is 12.2 Å². The number of rotatable bonds is 14. The normalized spacial score (nSPS) is 27.1. The third-order valence-corrected chi connectivity index (χ3v) is 15.9. The molecule has 23 nitrogen and oxygen atoms in total. The van der Waals surface area contributed by atoms with Gasteiger partial charge in [-0.3, -0.25) is 52.7 Å². The molecule has 0 spiro atoms. The molecule has 0 bridgehead atoms. The van der Waals surface area contributed by atoms with Crippen LogP contribution in [0.5, 0.6) is 0 Å². The van der Waals surface area contributed by atoms with Crippen LogP contribution in [0.3, 0.4) is 0 Å². The van der Waals surface area contributed by atoms with Crippen LogP contribution in [0, 0.1) is 41.4 Å². The van der Waals surface area contributed by atoms with Gasteiger partial charge in [0.2, 0.25) is 65.0 Å². The molecule has 0 aliphatic carbocycles. The number of likely N-dealkylation sites (N-methyl/N-ethyl adjacent to an activating group) is 7. The third-order valence-electron chi connectivity index (χ3n) is 15.9. The van der Waals surface area contributed by atoms with E-state index in [-0.39, 0.29) is 43.4 Å². The van der Waals surface area contributed by atoms with E-state index in [9.17, 15) is 48.3 Å². The van der Waals surface area contributed by atoms with Crippen LogP contribution >= 0.6 is 0 Å². The standard InChI is InChI=1S/C61H109N11O12/c1-25-27-28-39(15)51(74)50-55(78)64-42(26-2)57(80)66(18)32-46(73)70(22)48(37(11)12)54(77)65-47(36(9)10)60(83)67(19)43(29-33(3)4)53(76)62-40(16)52(75)63-41(17)56(79)68(20)44(30-34(5)6)58(81)69(21)45(31-35(7)8)59(82)71(23)49(38(13)14)61(84)72(50)24/h25,27,33-45,47-51,74H,26,28-32H2,1-24H3,(H,62,76)(H,63,75)(H,64,78)(H,65,77)/b27-25+/t39-,40+,41-,42+,43+,44+,45-,47+,48-,49+,50+,51-/m1/s1. The van der Waals surface area contributed by atoms with Crippen molar-refractivity contribution in [3.63, 3.8) is 0 Å². The van der Waals surface area contributed by atoms with Gasteiger partial charge in [-0.1, -0.05) is 109 Å². The molecular formula is C61H109N11O12. The van der Waals surface area contributed by atoms with E-state index < -0.39 is 162 Å². The maximum atomic E-state index is 15.1. The number of carbonyl (C=O) groups excluding carboxylic acids is 11. The van der Waals surface area contributed by atoms with Gasteiger partial charge in [-0.05, 0) is 94.3 Å². The van der Waals surface area contributed by atoms with Crippen LogP contribution in [0.2, 0.25) is 0 Å². The van der Waals surface area contributed by atoms with Crippen molar-refractivity contribution in [2.75, 3.05) is 55.9 Å². The Hall–Kier alpha value is -6.13. The first-order valence-electron chi connectivity index (χ1n) is 30.1. The summed E-state index contributed by atoms with van der Waals surface area (Å²) in [5.41, 5.74) is 0. The Morgan fingerprint density at radius 1 is 0.464 bits per heavy atom. The Kier molecular flexibility index (Phi) is 30.8. The van der Waals surface area contributed by atoms with Crippen molar-refractivity contribution < 1.29 is 57.8 Å². The number of aliphatic hydroxyl groups is 1. The summed E-state index contributed by atoms with van der Waals surface area (Å²) in [6.45, 7) is 29.0. The van der Waals surface area contributed by atoms with Gasteiger partial charge in [0.1, 0.15) is 60.4 Å². The Morgan fingerprint density at radius 2 is 0.893 bits per heavy atom. The summed E-state index contributed by atoms with van der Waals surface area (Å²) in [4.78, 5) is 168. The fourth-order valence-electron chi connectivity index (χ4n) is 10.7. The highest BCUT2D eigenvalue weighted by molar-refractivity contribution is 5.99. The molecular weight excluding hydrogens is 1080 g/mol. The monoisotopic (exact) mass is 1190 g/mol. The predicted octanol–water partition coefficient (Wildman–Crippen LogP) is 2.88. The number of nitrogens with zero attached hydrogens (tertiary/aromatic N) is 7. The number of hydrogen-bond acceptors (Lipinski definition) is 12. The zero-order valence-electron chi connectivity index (χ0n) is 55.4. The minimum atomic E-state index is -1.61. The predicted molar refractivity (Wildman–Crippen MR) is 324 cm³/mol. The smallest absolute Gasteiger partial charge is 0.246 e. The molecule has 1 saturated heterocycles. The van der Waals surface area contributed by atoms with Crippen molar-refractivity contribution in [1.29, 1.82) is 0 Å². The number of carbonyl (C=O) groups is 11. The second kappa shape index (κ2) is 34.1. The van der Waals surface area contributed by atoms with Crippen LogP contribution in [0.4, 0.5) is 0 Å². The summed E-state index contributed by atoms with van der Waals surface area (Å²) in [5.74, 6) is -10.1. The lowest BCUT2D eigenvalue weighted by Crippen LogP contribution is -2.63. The Balaban J connectivity index is 4.30. The average Bonchev–Trinajstić information content (AvgIpc) is 3.42. The molecule has 0 aromatic heterocycles. The number of allylic oxidation sites excluding steroid dienone is 2. The molecule has 0 aromatic rings. The van der Waals surface area contributed by atoms with Gasteiger partial charge in [0.05, 0.1) is 12.6 Å². The van der Waals surface area contributed by atoms with Crippen LogP contribution < -0.4 is 21.3 Å². The first kappa shape index (κ1) is 75.9. The fourth-order valence-corrected chi connectivity index (χ4v) is 10.7. The molecule has 84 heavy (non-hydrogen) atoms. The summed E-state index contributed by atoms with van der Waals surface area (Å²) in [6, 6.07) is -12.4. The van der Waals surface area contributed by atoms with Gasteiger partial charge >= 0.3 is 0 Å². The molecule has 0 saturated carbocycles. The van der Waals surface area contributed by atoms with Crippen LogP contribution in [0.25, 0.3) is 0 Å². The maximum absolute atomic E-state index is 15.1. The van der Waals surface area contributed by atoms with Crippen molar-refractivity contribution in [1.82, 2.24) is 55.6 Å². The summed E-state index contributed by atoms with van der Waals surface area (Å²) < 4.78 is 0. The zero-order chi connectivity index (χ0) is 65.3. The number of hydrogen-bond donors (Lipinski definition) is 5. The van der Waals surface area contributed by atoms with E-state index >= 15 is 9.59 Å². The number of nitrogens with one attached hydrogen (secondary N) is 4. The van der Waals surface area contributed by atoms with Gasteiger partial charge in [0, 0.05) is 49.3 Å². The van der Waals surface area contributed by atoms with E-state index in [2.05, 4.69) is 21.3 Å². The van der Waals surface area contributed by atoms with Gasteiger partial charge in [-0.2, -0.15) is 0 Å². The molecule has 1 fully saturated rings. The maximum Gasteiger partial charge on any atom is 0.246 e. The molecule has 1 aliphatic rings. The third kappa shape index (κ3) is 20.5. The summed E-state index contributed by atoms with van der Waals surface area (Å²) >= 11 is 0. The minimum absolute atomic E-state index is 0.0215. The van der Waals surface area contributed by atoms with Crippen molar-refractivity contribution in [3.05, 3.63) is 12.2 Å². The van der Waals surface area contributed by atoms with E-state index in [1.165, 1.54) is 87.7 Å². The summed E-state index contributed by atoms with van der Waals surface area (Å²) in [7, 11) is 9.88. The topological polar surface area (TPSA) is 279 Å². The number of aliphatic hydroxyl groups excluding tert-OH is 1. The van der Waals surface area contributed by atoms with Gasteiger partial charge in [-0.25, -0.2) is 0 Å². The highest BCUT2D eigenvalue weighted by atomic mass is 16.3. The van der Waals surface area contributed by atoms with E-state index in [0.29, 0.717) is 6.42 Å². The molecule has 0 radical (unpaired) electrons. The molecule has 5 N–H and O–H groups in total. The molecule has 1 heterocycles. The van der Waals surface area contributed by atoms with Crippen molar-refractivity contribution in [3.8, 4) is 0 Å². The Bertz CT molecular complexity index is 2310. The van der Waals surface area contributed by atoms with Crippen molar-refractivity contribution in [2.45, 2.75) is 216 Å². The number of amides is 11. The highest BCUT2D eigenvalue weighted by Crippen LogP contribution is 2.25. The van der Waals surface area contributed by atoms with E-state index in [4.69, 9.17) is 0 Å². The molecule has 1 aliphatic heterocycles. The molecule has 480 valence electrons. The largest absolute Gasteiger partial charge is 0.390 e. The summed E-state index contributed by atoms with van der Waals surface area (Å²) in [5, 5.41) is 23.0. The molecule has 12 atom stereocenters. The van der Waals surface area contributed by atoms with Gasteiger partial charge < -0.3 is 60.7 Å². The second-order valence-electron chi connectivity index (χ2n) is 25.6. The average molecular weight is 1190 g/mol.